The third-order valence-corrected chi connectivity index (χ3v) is 9.79. The standard InChI is InChI=1S/C29H33F3N2O4/c1-17-13-22-26-11-12-34(2,3)21(27(26,36)16-17)15-19-9-10-28(37,24(38-22)23(19)26)33-25(35)20(29(30,31)32)14-18-7-5-4-6-8-18/h4-10,14,17,21-22,24,36-37H,11-13,15-16H2,1-3H3/p+1/t17-,21-,22+,24?,26-,27?,28?/m1/s1. The number of allylic oxidation sites excluding steroid dienone is 1. The number of nitrogens with zero attached hydrogens (tertiary/aromatic N) is 1. The van der Waals surface area contributed by atoms with Crippen LogP contribution in [-0.4, -0.2) is 77.0 Å². The molecular weight excluding hydrogens is 497 g/mol. The minimum atomic E-state index is -4.94. The van der Waals surface area contributed by atoms with Gasteiger partial charge < -0.3 is 24.7 Å². The Hall–Kier alpha value is -2.46. The maximum Gasteiger partial charge on any atom is 0.421 e. The van der Waals surface area contributed by atoms with Gasteiger partial charge in [0.05, 0.1) is 32.2 Å². The number of ether oxygens (including phenoxy) is 1. The van der Waals surface area contributed by atoms with E-state index in [-0.39, 0.29) is 17.5 Å². The van der Waals surface area contributed by atoms with E-state index in [1.165, 1.54) is 18.2 Å². The summed E-state index contributed by atoms with van der Waals surface area (Å²) in [6.45, 7) is 2.88. The lowest BCUT2D eigenvalue weighted by Gasteiger charge is -2.65. The molecule has 1 aromatic rings. The SMILES string of the molecule is C[C@@H]1C[C@@H]2OC3C4=C(C=CC3(O)NC(=O)C(=Cc3ccccc3)C(F)(F)F)C[C@@H]3C(O)(C1)[C@@]42CC[N+]3(C)C. The van der Waals surface area contributed by atoms with Crippen LogP contribution >= 0.6 is 0 Å². The number of likely N-dealkylation sites (tertiary alicyclic amines) is 1. The molecule has 3 aliphatic carbocycles. The lowest BCUT2D eigenvalue weighted by atomic mass is 9.46. The number of hydrogen-bond donors (Lipinski definition) is 3. The molecule has 2 heterocycles. The van der Waals surface area contributed by atoms with Gasteiger partial charge in [0.15, 0.2) is 5.72 Å². The number of rotatable bonds is 3. The lowest BCUT2D eigenvalue weighted by molar-refractivity contribution is -0.932. The Balaban J connectivity index is 1.40. The highest BCUT2D eigenvalue weighted by Crippen LogP contribution is 2.68. The van der Waals surface area contributed by atoms with E-state index in [2.05, 4.69) is 26.3 Å². The second kappa shape index (κ2) is 8.03. The van der Waals surface area contributed by atoms with Crippen molar-refractivity contribution >= 4 is 12.0 Å². The predicted molar refractivity (Wildman–Crippen MR) is 134 cm³/mol. The van der Waals surface area contributed by atoms with Crippen LogP contribution in [0, 0.1) is 11.3 Å². The molecule has 2 aliphatic heterocycles. The van der Waals surface area contributed by atoms with Gasteiger partial charge in [-0.3, -0.25) is 4.79 Å². The Labute approximate surface area is 220 Å². The molecule has 7 atom stereocenters. The number of benzene rings is 1. The molecule has 0 aromatic heterocycles. The van der Waals surface area contributed by atoms with Crippen molar-refractivity contribution in [3.63, 3.8) is 0 Å². The highest BCUT2D eigenvalue weighted by molar-refractivity contribution is 5.99. The van der Waals surface area contributed by atoms with Crippen molar-refractivity contribution in [1.82, 2.24) is 5.32 Å². The number of carbonyl (C=O) groups excluding carboxylic acids is 1. The Morgan fingerprint density at radius 2 is 1.92 bits per heavy atom. The molecule has 3 N–H and O–H groups in total. The van der Waals surface area contributed by atoms with Crippen LogP contribution in [0.2, 0.25) is 0 Å². The van der Waals surface area contributed by atoms with Crippen LogP contribution in [0.25, 0.3) is 6.08 Å². The molecule has 204 valence electrons. The van der Waals surface area contributed by atoms with Crippen molar-refractivity contribution in [2.45, 2.75) is 68.4 Å². The molecule has 1 aromatic carbocycles. The summed E-state index contributed by atoms with van der Waals surface area (Å²) in [5, 5.41) is 26.5. The second-order valence-corrected chi connectivity index (χ2v) is 12.4. The van der Waals surface area contributed by atoms with Crippen molar-refractivity contribution in [2.75, 3.05) is 20.6 Å². The first-order valence-corrected chi connectivity index (χ1v) is 13.2. The van der Waals surface area contributed by atoms with Crippen molar-refractivity contribution < 1.29 is 37.4 Å². The molecule has 3 unspecified atom stereocenters. The molecular formula is C29H34F3N2O4+. The third-order valence-electron chi connectivity index (χ3n) is 9.79. The van der Waals surface area contributed by atoms with E-state index in [1.807, 2.05) is 0 Å². The summed E-state index contributed by atoms with van der Waals surface area (Å²) in [5.74, 6) is -1.27. The van der Waals surface area contributed by atoms with Gasteiger partial charge in [-0.15, -0.1) is 0 Å². The van der Waals surface area contributed by atoms with Crippen molar-refractivity contribution in [1.29, 1.82) is 0 Å². The molecule has 5 aliphatic rings. The van der Waals surface area contributed by atoms with Crippen LogP contribution in [0.5, 0.6) is 0 Å². The first kappa shape index (κ1) is 25.8. The van der Waals surface area contributed by atoms with Crippen LogP contribution in [-0.2, 0) is 9.53 Å². The van der Waals surface area contributed by atoms with Gasteiger partial charge in [-0.2, -0.15) is 13.2 Å². The number of aliphatic hydroxyl groups is 2. The summed E-state index contributed by atoms with van der Waals surface area (Å²) >= 11 is 0. The Morgan fingerprint density at radius 3 is 2.61 bits per heavy atom. The van der Waals surface area contributed by atoms with E-state index in [0.717, 1.165) is 23.8 Å². The van der Waals surface area contributed by atoms with Gasteiger partial charge in [0.25, 0.3) is 5.91 Å². The summed E-state index contributed by atoms with van der Waals surface area (Å²) in [5.41, 5.74) is -3.52. The van der Waals surface area contributed by atoms with E-state index in [1.54, 1.807) is 24.3 Å². The van der Waals surface area contributed by atoms with E-state index >= 15 is 0 Å². The molecule has 2 bridgehead atoms. The summed E-state index contributed by atoms with van der Waals surface area (Å²) < 4.78 is 49.1. The molecule has 6 rings (SSSR count). The minimum Gasteiger partial charge on any atom is -0.383 e. The highest BCUT2D eigenvalue weighted by atomic mass is 19.4. The van der Waals surface area contributed by atoms with E-state index in [9.17, 15) is 28.2 Å². The normalized spacial score (nSPS) is 41.1. The minimum absolute atomic E-state index is 0.0707. The quantitative estimate of drug-likeness (QED) is 0.317. The number of piperidine rings is 1. The zero-order valence-corrected chi connectivity index (χ0v) is 21.8. The first-order chi connectivity index (χ1) is 17.7. The largest absolute Gasteiger partial charge is 0.421 e. The topological polar surface area (TPSA) is 78.8 Å². The molecule has 38 heavy (non-hydrogen) atoms. The number of amides is 1. The lowest BCUT2D eigenvalue weighted by Crippen LogP contribution is -2.77. The Morgan fingerprint density at radius 1 is 1.21 bits per heavy atom. The third kappa shape index (κ3) is 3.44. The first-order valence-electron chi connectivity index (χ1n) is 13.2. The molecule has 2 saturated heterocycles. The van der Waals surface area contributed by atoms with Crippen LogP contribution in [0.15, 0.2) is 59.2 Å². The van der Waals surface area contributed by atoms with Crippen molar-refractivity contribution in [2.24, 2.45) is 11.3 Å². The van der Waals surface area contributed by atoms with Crippen LogP contribution < -0.4 is 5.32 Å². The van der Waals surface area contributed by atoms with Crippen molar-refractivity contribution in [3.05, 3.63) is 64.8 Å². The fourth-order valence-electron chi connectivity index (χ4n) is 8.16. The van der Waals surface area contributed by atoms with Crippen molar-refractivity contribution in [3.8, 4) is 0 Å². The molecule has 1 saturated carbocycles. The molecule has 1 amide bonds. The number of likely N-dealkylation sites (N-methyl/N-ethyl adjacent to an activating group) is 1. The summed E-state index contributed by atoms with van der Waals surface area (Å²) in [6.07, 6.45) is -0.113. The van der Waals surface area contributed by atoms with Crippen LogP contribution in [0.4, 0.5) is 13.2 Å². The molecule has 9 heteroatoms. The summed E-state index contributed by atoms with van der Waals surface area (Å²) in [6, 6.07) is 7.71. The molecule has 0 radical (unpaired) electrons. The predicted octanol–water partition coefficient (Wildman–Crippen LogP) is 3.47. The van der Waals surface area contributed by atoms with Gasteiger partial charge in [-0.25, -0.2) is 0 Å². The smallest absolute Gasteiger partial charge is 0.383 e. The fraction of sp³-hybridized carbons (Fsp3) is 0.552. The van der Waals surface area contributed by atoms with Gasteiger partial charge in [-0.05, 0) is 47.6 Å². The number of quaternary nitrogens is 1. The number of carbonyl (C=O) groups is 1. The van der Waals surface area contributed by atoms with Crippen LogP contribution in [0.3, 0.4) is 0 Å². The number of nitrogens with one attached hydrogen (secondary N) is 1. The fourth-order valence-corrected chi connectivity index (χ4v) is 8.16. The van der Waals surface area contributed by atoms with Gasteiger partial charge in [-0.1, -0.05) is 43.3 Å². The average molecular weight is 532 g/mol. The average Bonchev–Trinajstić information content (AvgIpc) is 3.16. The Bertz CT molecular complexity index is 1270. The Kier molecular flexibility index (Phi) is 5.45. The maximum absolute atomic E-state index is 14.0. The van der Waals surface area contributed by atoms with E-state index in [0.29, 0.717) is 30.2 Å². The molecule has 6 nitrogen and oxygen atoms in total. The molecule has 3 fully saturated rings. The maximum atomic E-state index is 14.0. The second-order valence-electron chi connectivity index (χ2n) is 12.4. The summed E-state index contributed by atoms with van der Waals surface area (Å²) in [7, 11) is 4.26. The van der Waals surface area contributed by atoms with E-state index in [4.69, 9.17) is 4.74 Å². The number of hydrogen-bond acceptors (Lipinski definition) is 4. The highest BCUT2D eigenvalue weighted by Gasteiger charge is 2.77. The zero-order chi connectivity index (χ0) is 27.3. The monoisotopic (exact) mass is 531 g/mol. The molecule has 1 spiro atoms. The van der Waals surface area contributed by atoms with Gasteiger partial charge >= 0.3 is 6.18 Å². The zero-order valence-electron chi connectivity index (χ0n) is 21.8. The van der Waals surface area contributed by atoms with Gasteiger partial charge in [0.1, 0.15) is 23.3 Å². The number of alkyl halides is 3. The summed E-state index contributed by atoms with van der Waals surface area (Å²) in [4.78, 5) is 13.1. The van der Waals surface area contributed by atoms with Gasteiger partial charge in [0, 0.05) is 12.8 Å². The van der Waals surface area contributed by atoms with Gasteiger partial charge in [0.2, 0.25) is 0 Å². The van der Waals surface area contributed by atoms with E-state index < -0.39 is 46.6 Å². The van der Waals surface area contributed by atoms with Crippen LogP contribution in [0.1, 0.15) is 38.2 Å². The number of halogens is 3.